The predicted molar refractivity (Wildman–Crippen MR) is 56.2 cm³/mol. The SMILES string of the molecule is FC(F)(F)CN1CC(Oc2ccncc2Cl)C1. The van der Waals surface area contributed by atoms with Gasteiger partial charge in [0.25, 0.3) is 0 Å². The Morgan fingerprint density at radius 1 is 1.47 bits per heavy atom. The lowest BCUT2D eigenvalue weighted by atomic mass is 10.1. The highest BCUT2D eigenvalue weighted by Gasteiger charge is 2.38. The van der Waals surface area contributed by atoms with E-state index in [-0.39, 0.29) is 19.2 Å². The molecule has 1 fully saturated rings. The van der Waals surface area contributed by atoms with E-state index in [0.717, 1.165) is 0 Å². The second-order valence-corrected chi connectivity index (χ2v) is 4.26. The molecule has 17 heavy (non-hydrogen) atoms. The number of hydrogen-bond acceptors (Lipinski definition) is 3. The van der Waals surface area contributed by atoms with Crippen molar-refractivity contribution >= 4 is 11.6 Å². The Balaban J connectivity index is 1.80. The summed E-state index contributed by atoms with van der Waals surface area (Å²) in [5.74, 6) is 0.457. The fourth-order valence-corrected chi connectivity index (χ4v) is 1.78. The summed E-state index contributed by atoms with van der Waals surface area (Å²) in [5.41, 5.74) is 0. The third-order valence-corrected chi connectivity index (χ3v) is 2.64. The van der Waals surface area contributed by atoms with E-state index in [2.05, 4.69) is 4.98 Å². The van der Waals surface area contributed by atoms with Crippen LogP contribution < -0.4 is 4.74 Å². The number of aromatic nitrogens is 1. The van der Waals surface area contributed by atoms with Crippen LogP contribution in [-0.4, -0.2) is 41.8 Å². The van der Waals surface area contributed by atoms with E-state index in [0.29, 0.717) is 10.8 Å². The Bertz CT molecular complexity index is 393. The van der Waals surface area contributed by atoms with Gasteiger partial charge in [-0.2, -0.15) is 13.2 Å². The monoisotopic (exact) mass is 266 g/mol. The molecule has 3 nitrogen and oxygen atoms in total. The summed E-state index contributed by atoms with van der Waals surface area (Å²) in [4.78, 5) is 5.07. The van der Waals surface area contributed by atoms with Crippen molar-refractivity contribution in [3.8, 4) is 5.75 Å². The molecule has 2 rings (SSSR count). The van der Waals surface area contributed by atoms with Crippen molar-refractivity contribution in [2.24, 2.45) is 0 Å². The quantitative estimate of drug-likeness (QED) is 0.840. The summed E-state index contributed by atoms with van der Waals surface area (Å²) < 4.78 is 41.5. The molecule has 2 heterocycles. The first-order chi connectivity index (χ1) is 7.94. The lowest BCUT2D eigenvalue weighted by Crippen LogP contribution is -2.56. The van der Waals surface area contributed by atoms with Crippen LogP contribution in [0.2, 0.25) is 5.02 Å². The van der Waals surface area contributed by atoms with Crippen LogP contribution in [0, 0.1) is 0 Å². The van der Waals surface area contributed by atoms with Gasteiger partial charge in [-0.05, 0) is 0 Å². The minimum atomic E-state index is -4.15. The standard InChI is InChI=1S/C10H10ClF3N2O/c11-8-3-15-2-1-9(8)17-7-4-16(5-7)6-10(12,13)14/h1-3,7H,4-6H2. The van der Waals surface area contributed by atoms with Crippen LogP contribution in [0.5, 0.6) is 5.75 Å². The number of likely N-dealkylation sites (tertiary alicyclic amines) is 1. The van der Waals surface area contributed by atoms with E-state index in [4.69, 9.17) is 16.3 Å². The predicted octanol–water partition coefficient (Wildman–Crippen LogP) is 2.36. The minimum Gasteiger partial charge on any atom is -0.486 e. The molecule has 0 unspecified atom stereocenters. The van der Waals surface area contributed by atoms with Crippen LogP contribution in [0.4, 0.5) is 13.2 Å². The molecule has 0 spiro atoms. The van der Waals surface area contributed by atoms with Crippen molar-refractivity contribution in [3.63, 3.8) is 0 Å². The Kier molecular flexibility index (Phi) is 3.44. The van der Waals surface area contributed by atoms with Crippen LogP contribution in [0.1, 0.15) is 0 Å². The van der Waals surface area contributed by atoms with Gasteiger partial charge in [0.1, 0.15) is 16.9 Å². The van der Waals surface area contributed by atoms with Crippen LogP contribution in [0.15, 0.2) is 18.5 Å². The topological polar surface area (TPSA) is 25.4 Å². The molecule has 0 amide bonds. The molecule has 0 aliphatic carbocycles. The molecule has 1 aromatic heterocycles. The third kappa shape index (κ3) is 3.47. The zero-order chi connectivity index (χ0) is 12.5. The van der Waals surface area contributed by atoms with Gasteiger partial charge >= 0.3 is 6.18 Å². The number of alkyl halides is 3. The molecular formula is C10H10ClF3N2O. The Morgan fingerprint density at radius 2 is 2.18 bits per heavy atom. The zero-order valence-corrected chi connectivity index (χ0v) is 9.50. The fourth-order valence-electron chi connectivity index (χ4n) is 1.62. The van der Waals surface area contributed by atoms with Crippen molar-refractivity contribution < 1.29 is 17.9 Å². The van der Waals surface area contributed by atoms with E-state index in [1.54, 1.807) is 6.07 Å². The average molecular weight is 267 g/mol. The third-order valence-electron chi connectivity index (χ3n) is 2.36. The first-order valence-corrected chi connectivity index (χ1v) is 5.37. The molecule has 0 bridgehead atoms. The van der Waals surface area contributed by atoms with Gasteiger partial charge in [0.05, 0.1) is 6.54 Å². The van der Waals surface area contributed by atoms with Gasteiger partial charge in [0.15, 0.2) is 0 Å². The molecular weight excluding hydrogens is 257 g/mol. The number of pyridine rings is 1. The summed E-state index contributed by atoms with van der Waals surface area (Å²) in [5, 5.41) is 0.363. The summed E-state index contributed by atoms with van der Waals surface area (Å²) in [6.07, 6.45) is -1.44. The molecule has 1 aliphatic heterocycles. The maximum Gasteiger partial charge on any atom is 0.401 e. The number of ether oxygens (including phenoxy) is 1. The van der Waals surface area contributed by atoms with Gasteiger partial charge in [-0.3, -0.25) is 9.88 Å². The first kappa shape index (κ1) is 12.4. The average Bonchev–Trinajstić information content (AvgIpc) is 2.16. The van der Waals surface area contributed by atoms with E-state index in [1.807, 2.05) is 0 Å². The first-order valence-electron chi connectivity index (χ1n) is 4.99. The highest BCUT2D eigenvalue weighted by molar-refractivity contribution is 6.31. The molecule has 0 saturated carbocycles. The van der Waals surface area contributed by atoms with Crippen molar-refractivity contribution in [2.75, 3.05) is 19.6 Å². The number of rotatable bonds is 3. The fraction of sp³-hybridized carbons (Fsp3) is 0.500. The van der Waals surface area contributed by atoms with Crippen LogP contribution >= 0.6 is 11.6 Å². The van der Waals surface area contributed by atoms with E-state index in [1.165, 1.54) is 17.3 Å². The van der Waals surface area contributed by atoms with Crippen molar-refractivity contribution in [3.05, 3.63) is 23.5 Å². The summed E-state index contributed by atoms with van der Waals surface area (Å²) in [6.45, 7) is -0.368. The lowest BCUT2D eigenvalue weighted by molar-refractivity contribution is -0.162. The van der Waals surface area contributed by atoms with Crippen LogP contribution in [0.25, 0.3) is 0 Å². The zero-order valence-electron chi connectivity index (χ0n) is 8.75. The summed E-state index contributed by atoms with van der Waals surface area (Å²) in [7, 11) is 0. The molecule has 1 aliphatic rings. The molecule has 0 aromatic carbocycles. The number of nitrogens with zero attached hydrogens (tertiary/aromatic N) is 2. The number of hydrogen-bond donors (Lipinski definition) is 0. The second-order valence-electron chi connectivity index (χ2n) is 3.86. The largest absolute Gasteiger partial charge is 0.486 e. The van der Waals surface area contributed by atoms with Gasteiger partial charge < -0.3 is 4.74 Å². The van der Waals surface area contributed by atoms with Crippen molar-refractivity contribution in [1.82, 2.24) is 9.88 Å². The molecule has 1 saturated heterocycles. The second kappa shape index (κ2) is 4.70. The summed E-state index contributed by atoms with van der Waals surface area (Å²) in [6, 6.07) is 1.59. The summed E-state index contributed by atoms with van der Waals surface area (Å²) >= 11 is 5.81. The van der Waals surface area contributed by atoms with Gasteiger partial charge in [-0.15, -0.1) is 0 Å². The molecule has 0 radical (unpaired) electrons. The Labute approximate surface area is 101 Å². The van der Waals surface area contributed by atoms with Gasteiger partial charge in [0, 0.05) is 31.5 Å². The highest BCUT2D eigenvalue weighted by atomic mass is 35.5. The Morgan fingerprint density at radius 3 is 2.76 bits per heavy atom. The molecule has 0 atom stereocenters. The van der Waals surface area contributed by atoms with E-state index in [9.17, 15) is 13.2 Å². The van der Waals surface area contributed by atoms with Gasteiger partial charge in [-0.25, -0.2) is 0 Å². The van der Waals surface area contributed by atoms with E-state index < -0.39 is 12.7 Å². The molecule has 1 aromatic rings. The molecule has 94 valence electrons. The maximum absolute atomic E-state index is 12.0. The molecule has 0 N–H and O–H groups in total. The Hall–Kier alpha value is -1.01. The van der Waals surface area contributed by atoms with Crippen LogP contribution in [-0.2, 0) is 0 Å². The lowest BCUT2D eigenvalue weighted by Gasteiger charge is -2.39. The minimum absolute atomic E-state index is 0.239. The smallest absolute Gasteiger partial charge is 0.401 e. The highest BCUT2D eigenvalue weighted by Crippen LogP contribution is 2.27. The van der Waals surface area contributed by atoms with Gasteiger partial charge in [-0.1, -0.05) is 11.6 Å². The van der Waals surface area contributed by atoms with Crippen molar-refractivity contribution in [2.45, 2.75) is 12.3 Å². The molecule has 7 heteroatoms. The normalized spacial score (nSPS) is 17.9. The van der Waals surface area contributed by atoms with E-state index >= 15 is 0 Å². The van der Waals surface area contributed by atoms with Crippen molar-refractivity contribution in [1.29, 1.82) is 0 Å². The van der Waals surface area contributed by atoms with Crippen LogP contribution in [0.3, 0.4) is 0 Å². The maximum atomic E-state index is 12.0. The van der Waals surface area contributed by atoms with Gasteiger partial charge in [0.2, 0.25) is 0 Å². The number of halogens is 4.